The van der Waals surface area contributed by atoms with E-state index in [-0.39, 0.29) is 11.5 Å². The second kappa shape index (κ2) is 8.20. The fourth-order valence-corrected chi connectivity index (χ4v) is 3.64. The van der Waals surface area contributed by atoms with Crippen LogP contribution in [0.1, 0.15) is 17.7 Å². The standard InChI is InChI=1S/C19H19ClN2O5S/c1-28(25,26)16-4-2-15(3-5-16)27-12-18-17(20)10-14(11-21-18)13-6-8-22(9-7-13)19(23)24/h2-6,10-11H,7-9,12H2,1H3,(H,23,24). The van der Waals surface area contributed by atoms with Crippen molar-refractivity contribution in [2.45, 2.75) is 17.9 Å². The molecule has 148 valence electrons. The minimum absolute atomic E-state index is 0.142. The third-order valence-electron chi connectivity index (χ3n) is 4.40. The van der Waals surface area contributed by atoms with E-state index >= 15 is 0 Å². The first kappa shape index (κ1) is 20.2. The Hall–Kier alpha value is -2.58. The molecule has 0 bridgehead atoms. The number of sulfone groups is 1. The first-order valence-electron chi connectivity index (χ1n) is 8.48. The van der Waals surface area contributed by atoms with Crippen LogP contribution in [0.25, 0.3) is 5.57 Å². The Balaban J connectivity index is 1.66. The van der Waals surface area contributed by atoms with Crippen molar-refractivity contribution in [2.24, 2.45) is 0 Å². The molecule has 0 aliphatic carbocycles. The van der Waals surface area contributed by atoms with Gasteiger partial charge in [0, 0.05) is 25.5 Å². The summed E-state index contributed by atoms with van der Waals surface area (Å²) in [6, 6.07) is 7.93. The van der Waals surface area contributed by atoms with Crippen molar-refractivity contribution in [2.75, 3.05) is 19.3 Å². The van der Waals surface area contributed by atoms with Crippen molar-refractivity contribution in [3.8, 4) is 5.75 Å². The summed E-state index contributed by atoms with van der Waals surface area (Å²) in [5.74, 6) is 0.512. The van der Waals surface area contributed by atoms with Gasteiger partial charge in [0.25, 0.3) is 0 Å². The predicted octanol–water partition coefficient (Wildman–Crippen LogP) is 3.48. The van der Waals surface area contributed by atoms with Gasteiger partial charge in [-0.2, -0.15) is 0 Å². The highest BCUT2D eigenvalue weighted by molar-refractivity contribution is 7.90. The van der Waals surface area contributed by atoms with Crippen LogP contribution in [0.4, 0.5) is 4.79 Å². The van der Waals surface area contributed by atoms with Gasteiger partial charge in [0.15, 0.2) is 9.84 Å². The molecule has 0 saturated carbocycles. The lowest BCUT2D eigenvalue weighted by atomic mass is 10.0. The number of hydrogen-bond acceptors (Lipinski definition) is 5. The van der Waals surface area contributed by atoms with Gasteiger partial charge in [-0.05, 0) is 47.9 Å². The minimum atomic E-state index is -3.25. The zero-order valence-corrected chi connectivity index (χ0v) is 16.7. The van der Waals surface area contributed by atoms with Crippen LogP contribution >= 0.6 is 11.6 Å². The van der Waals surface area contributed by atoms with Gasteiger partial charge in [-0.1, -0.05) is 17.7 Å². The maximum Gasteiger partial charge on any atom is 0.407 e. The van der Waals surface area contributed by atoms with Crippen LogP contribution < -0.4 is 4.74 Å². The first-order chi connectivity index (χ1) is 13.2. The molecular weight excluding hydrogens is 404 g/mol. The molecule has 1 amide bonds. The van der Waals surface area contributed by atoms with Gasteiger partial charge in [0.1, 0.15) is 12.4 Å². The SMILES string of the molecule is CS(=O)(=O)c1ccc(OCc2ncc(C3=CCN(C(=O)O)CC3)cc2Cl)cc1. The molecule has 7 nitrogen and oxygen atoms in total. The smallest absolute Gasteiger partial charge is 0.407 e. The third-order valence-corrected chi connectivity index (χ3v) is 5.85. The molecule has 28 heavy (non-hydrogen) atoms. The summed E-state index contributed by atoms with van der Waals surface area (Å²) in [5, 5.41) is 9.45. The number of pyridine rings is 1. The van der Waals surface area contributed by atoms with Crippen LogP contribution in [-0.2, 0) is 16.4 Å². The molecule has 1 aliphatic rings. The van der Waals surface area contributed by atoms with Gasteiger partial charge in [0.2, 0.25) is 0 Å². The molecule has 0 spiro atoms. The molecule has 0 radical (unpaired) electrons. The topological polar surface area (TPSA) is 96.8 Å². The summed E-state index contributed by atoms with van der Waals surface area (Å²) in [7, 11) is -3.25. The highest BCUT2D eigenvalue weighted by Crippen LogP contribution is 2.26. The molecular formula is C19H19ClN2O5S. The number of nitrogens with zero attached hydrogens (tertiary/aromatic N) is 2. The van der Waals surface area contributed by atoms with E-state index in [1.165, 1.54) is 17.0 Å². The number of hydrogen-bond donors (Lipinski definition) is 1. The molecule has 0 saturated heterocycles. The Morgan fingerprint density at radius 2 is 2.04 bits per heavy atom. The number of carbonyl (C=O) groups is 1. The van der Waals surface area contributed by atoms with Crippen molar-refractivity contribution in [1.29, 1.82) is 0 Å². The average Bonchev–Trinajstić information content (AvgIpc) is 2.66. The van der Waals surface area contributed by atoms with Gasteiger partial charge in [0.05, 0.1) is 15.6 Å². The van der Waals surface area contributed by atoms with Crippen LogP contribution in [0.15, 0.2) is 47.5 Å². The maximum absolute atomic E-state index is 11.5. The van der Waals surface area contributed by atoms with E-state index in [0.29, 0.717) is 36.0 Å². The number of carboxylic acid groups (broad SMARTS) is 1. The Kier molecular flexibility index (Phi) is 5.90. The largest absolute Gasteiger partial charge is 0.487 e. The molecule has 1 aromatic heterocycles. The van der Waals surface area contributed by atoms with E-state index in [2.05, 4.69) is 4.98 Å². The van der Waals surface area contributed by atoms with Gasteiger partial charge < -0.3 is 14.7 Å². The van der Waals surface area contributed by atoms with Crippen LogP contribution in [0.5, 0.6) is 5.75 Å². The van der Waals surface area contributed by atoms with E-state index in [1.807, 2.05) is 6.08 Å². The summed E-state index contributed by atoms with van der Waals surface area (Å²) >= 11 is 6.33. The third kappa shape index (κ3) is 4.82. The monoisotopic (exact) mass is 422 g/mol. The number of halogens is 1. The zero-order valence-electron chi connectivity index (χ0n) is 15.1. The molecule has 0 unspecified atom stereocenters. The molecule has 1 N–H and O–H groups in total. The van der Waals surface area contributed by atoms with Gasteiger partial charge in [-0.3, -0.25) is 4.98 Å². The number of benzene rings is 1. The van der Waals surface area contributed by atoms with Crippen molar-refractivity contribution in [3.63, 3.8) is 0 Å². The molecule has 0 fully saturated rings. The Labute approximate surface area is 168 Å². The number of rotatable bonds is 5. The second-order valence-corrected chi connectivity index (χ2v) is 8.82. The average molecular weight is 423 g/mol. The molecule has 0 atom stereocenters. The molecule has 2 aromatic rings. The normalized spacial score (nSPS) is 14.5. The van der Waals surface area contributed by atoms with Gasteiger partial charge in [-0.25, -0.2) is 13.2 Å². The lowest BCUT2D eigenvalue weighted by Crippen LogP contribution is -2.33. The summed E-state index contributed by atoms with van der Waals surface area (Å²) in [4.78, 5) is 16.9. The summed E-state index contributed by atoms with van der Waals surface area (Å²) < 4.78 is 28.6. The van der Waals surface area contributed by atoms with E-state index < -0.39 is 15.9 Å². The maximum atomic E-state index is 11.5. The predicted molar refractivity (Wildman–Crippen MR) is 105 cm³/mol. The summed E-state index contributed by atoms with van der Waals surface area (Å²) in [5.41, 5.74) is 2.42. The minimum Gasteiger partial charge on any atom is -0.487 e. The Bertz CT molecular complexity index is 1020. The highest BCUT2D eigenvalue weighted by atomic mass is 35.5. The van der Waals surface area contributed by atoms with E-state index in [9.17, 15) is 13.2 Å². The highest BCUT2D eigenvalue weighted by Gasteiger charge is 2.17. The quantitative estimate of drug-likeness (QED) is 0.792. The van der Waals surface area contributed by atoms with Gasteiger partial charge >= 0.3 is 6.09 Å². The fourth-order valence-electron chi connectivity index (χ4n) is 2.79. The molecule has 9 heteroatoms. The van der Waals surface area contributed by atoms with Gasteiger partial charge in [-0.15, -0.1) is 0 Å². The lowest BCUT2D eigenvalue weighted by Gasteiger charge is -2.23. The first-order valence-corrected chi connectivity index (χ1v) is 10.8. The van der Waals surface area contributed by atoms with Crippen LogP contribution in [0.2, 0.25) is 5.02 Å². The molecule has 1 aliphatic heterocycles. The molecule has 3 rings (SSSR count). The van der Waals surface area contributed by atoms with Crippen LogP contribution in [-0.4, -0.2) is 48.8 Å². The van der Waals surface area contributed by atoms with Crippen molar-refractivity contribution in [3.05, 3.63) is 58.9 Å². The second-order valence-electron chi connectivity index (χ2n) is 6.39. The van der Waals surface area contributed by atoms with Crippen LogP contribution in [0, 0.1) is 0 Å². The summed E-state index contributed by atoms with van der Waals surface area (Å²) in [6.07, 6.45) is 4.38. The molecule has 1 aromatic carbocycles. The Morgan fingerprint density at radius 3 is 2.57 bits per heavy atom. The van der Waals surface area contributed by atoms with Crippen molar-refractivity contribution in [1.82, 2.24) is 9.88 Å². The summed E-state index contributed by atoms with van der Waals surface area (Å²) in [6.45, 7) is 0.924. The Morgan fingerprint density at radius 1 is 1.32 bits per heavy atom. The van der Waals surface area contributed by atoms with Crippen molar-refractivity contribution >= 4 is 33.1 Å². The number of amides is 1. The number of aromatic nitrogens is 1. The van der Waals surface area contributed by atoms with Crippen molar-refractivity contribution < 1.29 is 23.1 Å². The zero-order chi connectivity index (χ0) is 20.3. The van der Waals surface area contributed by atoms with Crippen LogP contribution in [0.3, 0.4) is 0 Å². The number of ether oxygens (including phenoxy) is 1. The fraction of sp³-hybridized carbons (Fsp3) is 0.263. The van der Waals surface area contributed by atoms with E-state index in [1.54, 1.807) is 24.4 Å². The van der Waals surface area contributed by atoms with E-state index in [0.717, 1.165) is 17.4 Å². The lowest BCUT2D eigenvalue weighted by molar-refractivity contribution is 0.150. The van der Waals surface area contributed by atoms with E-state index in [4.69, 9.17) is 21.4 Å². The molecule has 2 heterocycles.